The molecule has 4 rings (SSSR count). The van der Waals surface area contributed by atoms with Gasteiger partial charge in [-0.2, -0.15) is 0 Å². The number of hydrogen-bond donors (Lipinski definition) is 1. The maximum absolute atomic E-state index is 12.7. The summed E-state index contributed by atoms with van der Waals surface area (Å²) < 4.78 is 5.35. The van der Waals surface area contributed by atoms with Crippen molar-refractivity contribution in [3.05, 3.63) is 83.2 Å². The van der Waals surface area contributed by atoms with Gasteiger partial charge in [0.2, 0.25) is 0 Å². The molecule has 0 saturated carbocycles. The summed E-state index contributed by atoms with van der Waals surface area (Å²) in [6, 6.07) is 18.2. The summed E-state index contributed by atoms with van der Waals surface area (Å²) in [5, 5.41) is 4.48. The van der Waals surface area contributed by atoms with Crippen LogP contribution >= 0.6 is 0 Å². The molecular weight excluding hydrogens is 324 g/mol. The van der Waals surface area contributed by atoms with Gasteiger partial charge in [-0.25, -0.2) is 4.79 Å². The second-order valence-corrected chi connectivity index (χ2v) is 6.33. The highest BCUT2D eigenvalue weighted by Crippen LogP contribution is 2.44. The Bertz CT molecular complexity index is 1010. The molecule has 0 aliphatic carbocycles. The fourth-order valence-electron chi connectivity index (χ4n) is 3.63. The van der Waals surface area contributed by atoms with Gasteiger partial charge in [0.1, 0.15) is 0 Å². The number of pyridine rings is 1. The van der Waals surface area contributed by atoms with Crippen LogP contribution in [0.2, 0.25) is 0 Å². The minimum absolute atomic E-state index is 0.182. The molecule has 130 valence electrons. The van der Waals surface area contributed by atoms with Crippen molar-refractivity contribution in [2.45, 2.75) is 19.8 Å². The number of benzene rings is 2. The normalized spacial score (nSPS) is 16.2. The molecule has 1 aromatic heterocycles. The predicted octanol–water partition coefficient (Wildman–Crippen LogP) is 4.63. The lowest BCUT2D eigenvalue weighted by molar-refractivity contribution is -0.138. The third-order valence-electron chi connectivity index (χ3n) is 4.75. The van der Waals surface area contributed by atoms with E-state index < -0.39 is 0 Å². The molecule has 1 atom stereocenters. The van der Waals surface area contributed by atoms with E-state index in [1.165, 1.54) is 0 Å². The van der Waals surface area contributed by atoms with E-state index in [0.29, 0.717) is 12.2 Å². The Hall–Kier alpha value is -3.14. The first-order valence-corrected chi connectivity index (χ1v) is 8.78. The number of rotatable bonds is 3. The Labute approximate surface area is 152 Å². The van der Waals surface area contributed by atoms with Gasteiger partial charge in [-0.1, -0.05) is 48.5 Å². The van der Waals surface area contributed by atoms with E-state index in [2.05, 4.69) is 34.6 Å². The molecule has 1 N–H and O–H groups in total. The zero-order chi connectivity index (χ0) is 18.1. The number of carbonyl (C=O) groups is 1. The Kier molecular flexibility index (Phi) is 4.17. The number of allylic oxidation sites excluding steroid dienone is 1. The number of ether oxygens (including phenoxy) is 1. The number of esters is 1. The van der Waals surface area contributed by atoms with Crippen molar-refractivity contribution in [1.82, 2.24) is 4.98 Å². The summed E-state index contributed by atoms with van der Waals surface area (Å²) >= 11 is 0. The first kappa shape index (κ1) is 16.3. The smallest absolute Gasteiger partial charge is 0.336 e. The average molecular weight is 344 g/mol. The van der Waals surface area contributed by atoms with Crippen LogP contribution in [0.25, 0.3) is 10.9 Å². The molecule has 0 spiro atoms. The van der Waals surface area contributed by atoms with Crippen LogP contribution < -0.4 is 5.32 Å². The number of anilines is 1. The SMILES string of the molecule is CCOC(=O)C1=C(C)Nc2c(ccc3cccnc23)C1c1ccccc1. The monoisotopic (exact) mass is 344 g/mol. The van der Waals surface area contributed by atoms with Gasteiger partial charge in [0.15, 0.2) is 0 Å². The summed E-state index contributed by atoms with van der Waals surface area (Å²) in [6.07, 6.45) is 1.79. The van der Waals surface area contributed by atoms with Crippen molar-refractivity contribution in [2.75, 3.05) is 11.9 Å². The summed E-state index contributed by atoms with van der Waals surface area (Å²) in [5.41, 5.74) is 5.43. The van der Waals surface area contributed by atoms with Crippen LogP contribution in [0, 0.1) is 0 Å². The fraction of sp³-hybridized carbons (Fsp3) is 0.182. The van der Waals surface area contributed by atoms with Crippen molar-refractivity contribution in [3.63, 3.8) is 0 Å². The van der Waals surface area contributed by atoms with Crippen molar-refractivity contribution < 1.29 is 9.53 Å². The Balaban J connectivity index is 1.97. The summed E-state index contributed by atoms with van der Waals surface area (Å²) in [6.45, 7) is 4.10. The van der Waals surface area contributed by atoms with Crippen molar-refractivity contribution in [1.29, 1.82) is 0 Å². The largest absolute Gasteiger partial charge is 0.463 e. The quantitative estimate of drug-likeness (QED) is 0.704. The number of nitrogens with one attached hydrogen (secondary N) is 1. The van der Waals surface area contributed by atoms with Gasteiger partial charge in [0, 0.05) is 23.2 Å². The topological polar surface area (TPSA) is 51.2 Å². The highest BCUT2D eigenvalue weighted by atomic mass is 16.5. The zero-order valence-electron chi connectivity index (χ0n) is 14.8. The molecule has 0 amide bonds. The molecule has 4 heteroatoms. The van der Waals surface area contributed by atoms with Crippen LogP contribution in [0.1, 0.15) is 30.9 Å². The van der Waals surface area contributed by atoms with Crippen LogP contribution in [0.5, 0.6) is 0 Å². The predicted molar refractivity (Wildman–Crippen MR) is 103 cm³/mol. The van der Waals surface area contributed by atoms with E-state index in [-0.39, 0.29) is 11.9 Å². The first-order valence-electron chi connectivity index (χ1n) is 8.78. The van der Waals surface area contributed by atoms with Gasteiger partial charge in [-0.05, 0) is 31.0 Å². The molecule has 0 bridgehead atoms. The van der Waals surface area contributed by atoms with Crippen molar-refractivity contribution in [3.8, 4) is 0 Å². The zero-order valence-corrected chi connectivity index (χ0v) is 14.8. The van der Waals surface area contributed by atoms with Crippen molar-refractivity contribution >= 4 is 22.6 Å². The Morgan fingerprint density at radius 1 is 1.12 bits per heavy atom. The van der Waals surface area contributed by atoms with E-state index in [0.717, 1.165) is 33.4 Å². The lowest BCUT2D eigenvalue weighted by Gasteiger charge is -2.30. The van der Waals surface area contributed by atoms with Crippen LogP contribution in [0.3, 0.4) is 0 Å². The maximum atomic E-state index is 12.7. The van der Waals surface area contributed by atoms with Crippen LogP contribution in [0.15, 0.2) is 72.1 Å². The van der Waals surface area contributed by atoms with Gasteiger partial charge >= 0.3 is 5.97 Å². The second kappa shape index (κ2) is 6.64. The van der Waals surface area contributed by atoms with Gasteiger partial charge < -0.3 is 10.1 Å². The minimum Gasteiger partial charge on any atom is -0.463 e. The van der Waals surface area contributed by atoms with E-state index >= 15 is 0 Å². The van der Waals surface area contributed by atoms with Gasteiger partial charge in [-0.15, -0.1) is 0 Å². The molecule has 4 nitrogen and oxygen atoms in total. The standard InChI is InChI=1S/C22H20N2O2/c1-3-26-22(25)18-14(2)24-21-17(19(18)15-8-5-4-6-9-15)12-11-16-10-7-13-23-20(16)21/h4-13,19,24H,3H2,1-2H3. The molecule has 0 saturated heterocycles. The van der Waals surface area contributed by atoms with Crippen LogP contribution in [-0.4, -0.2) is 17.6 Å². The van der Waals surface area contributed by atoms with E-state index in [1.54, 1.807) is 6.20 Å². The maximum Gasteiger partial charge on any atom is 0.336 e. The molecule has 26 heavy (non-hydrogen) atoms. The highest BCUT2D eigenvalue weighted by Gasteiger charge is 2.33. The van der Waals surface area contributed by atoms with Gasteiger partial charge in [0.05, 0.1) is 23.4 Å². The number of nitrogens with zero attached hydrogens (tertiary/aromatic N) is 1. The second-order valence-electron chi connectivity index (χ2n) is 6.33. The molecule has 2 heterocycles. The van der Waals surface area contributed by atoms with Gasteiger partial charge in [0.25, 0.3) is 0 Å². The van der Waals surface area contributed by atoms with Crippen molar-refractivity contribution in [2.24, 2.45) is 0 Å². The summed E-state index contributed by atoms with van der Waals surface area (Å²) in [7, 11) is 0. The average Bonchev–Trinajstić information content (AvgIpc) is 2.67. The van der Waals surface area contributed by atoms with E-state index in [9.17, 15) is 4.79 Å². The molecular formula is C22H20N2O2. The molecule has 0 fully saturated rings. The Morgan fingerprint density at radius 2 is 1.92 bits per heavy atom. The number of fused-ring (bicyclic) bond motifs is 3. The number of carbonyl (C=O) groups excluding carboxylic acids is 1. The number of aromatic nitrogens is 1. The molecule has 1 aliphatic heterocycles. The van der Waals surface area contributed by atoms with Crippen LogP contribution in [0.4, 0.5) is 5.69 Å². The number of hydrogen-bond acceptors (Lipinski definition) is 4. The summed E-state index contributed by atoms with van der Waals surface area (Å²) in [5.74, 6) is -0.462. The minimum atomic E-state index is -0.280. The van der Waals surface area contributed by atoms with Gasteiger partial charge in [-0.3, -0.25) is 4.98 Å². The fourth-order valence-corrected chi connectivity index (χ4v) is 3.63. The molecule has 0 radical (unpaired) electrons. The third kappa shape index (κ3) is 2.64. The Morgan fingerprint density at radius 3 is 2.69 bits per heavy atom. The summed E-state index contributed by atoms with van der Waals surface area (Å²) in [4.78, 5) is 17.3. The highest BCUT2D eigenvalue weighted by molar-refractivity contribution is 6.00. The first-order chi connectivity index (χ1) is 12.7. The molecule has 1 unspecified atom stereocenters. The lowest BCUT2D eigenvalue weighted by atomic mass is 9.80. The van der Waals surface area contributed by atoms with E-state index in [4.69, 9.17) is 4.74 Å². The third-order valence-corrected chi connectivity index (χ3v) is 4.75. The van der Waals surface area contributed by atoms with E-state index in [1.807, 2.05) is 44.2 Å². The lowest BCUT2D eigenvalue weighted by Crippen LogP contribution is -2.24. The van der Waals surface area contributed by atoms with Crippen LogP contribution in [-0.2, 0) is 9.53 Å². The molecule has 2 aromatic carbocycles. The molecule has 1 aliphatic rings. The molecule has 3 aromatic rings.